The zero-order chi connectivity index (χ0) is 14.4. The van der Waals surface area contributed by atoms with E-state index in [0.29, 0.717) is 11.6 Å². The summed E-state index contributed by atoms with van der Waals surface area (Å²) >= 11 is 1.41. The number of carbonyl (C=O) groups excluding carboxylic acids is 4. The number of thioether (sulfide) groups is 1. The first-order valence-corrected chi connectivity index (χ1v) is 6.67. The number of rotatable bonds is 4. The number of hydrogen-bond acceptors (Lipinski definition) is 6. The van der Waals surface area contributed by atoms with Crippen LogP contribution in [0.15, 0.2) is 0 Å². The summed E-state index contributed by atoms with van der Waals surface area (Å²) in [6, 6.07) is -0.681. The van der Waals surface area contributed by atoms with Crippen LogP contribution in [0.5, 0.6) is 0 Å². The van der Waals surface area contributed by atoms with Crippen LogP contribution in [0.3, 0.4) is 0 Å². The van der Waals surface area contributed by atoms with Gasteiger partial charge in [-0.2, -0.15) is 0 Å². The summed E-state index contributed by atoms with van der Waals surface area (Å²) in [5.41, 5.74) is 0. The van der Waals surface area contributed by atoms with Crippen molar-refractivity contribution >= 4 is 35.6 Å². The Kier molecular flexibility index (Phi) is 5.61. The lowest BCUT2D eigenvalue weighted by atomic mass is 10.4. The Bertz CT molecular complexity index is 401. The first-order valence-electron chi connectivity index (χ1n) is 5.51. The van der Waals surface area contributed by atoms with Gasteiger partial charge in [-0.05, 0) is 6.92 Å². The van der Waals surface area contributed by atoms with E-state index in [2.05, 4.69) is 5.32 Å². The Morgan fingerprint density at radius 2 is 2.16 bits per heavy atom. The first kappa shape index (κ1) is 15.3. The Labute approximate surface area is 114 Å². The molecule has 1 aliphatic rings. The zero-order valence-electron chi connectivity index (χ0n) is 10.6. The normalized spacial score (nSPS) is 15.9. The number of urea groups is 1. The van der Waals surface area contributed by atoms with Gasteiger partial charge in [-0.3, -0.25) is 19.7 Å². The number of carbonyl (C=O) groups is 4. The standard InChI is InChI=1S/C10H15N3O5S/c1-6(9(16)12-10(17)11-2)18-8(15)3-13-5-19-4-7(13)14/h6H,3-5H2,1-2H3,(H2,11,12,16,17)/t6-/m0/s1. The van der Waals surface area contributed by atoms with Gasteiger partial charge in [-0.15, -0.1) is 11.8 Å². The largest absolute Gasteiger partial charge is 0.451 e. The van der Waals surface area contributed by atoms with Gasteiger partial charge in [0.2, 0.25) is 5.91 Å². The molecule has 0 radical (unpaired) electrons. The van der Waals surface area contributed by atoms with Crippen LogP contribution >= 0.6 is 11.8 Å². The van der Waals surface area contributed by atoms with Crippen LogP contribution < -0.4 is 10.6 Å². The lowest BCUT2D eigenvalue weighted by Crippen LogP contribution is -2.44. The van der Waals surface area contributed by atoms with Gasteiger partial charge < -0.3 is 15.0 Å². The van der Waals surface area contributed by atoms with E-state index in [1.807, 2.05) is 5.32 Å². The molecule has 1 atom stereocenters. The Hall–Kier alpha value is -1.77. The Morgan fingerprint density at radius 1 is 1.47 bits per heavy atom. The van der Waals surface area contributed by atoms with E-state index in [1.165, 1.54) is 30.6 Å². The number of esters is 1. The lowest BCUT2D eigenvalue weighted by Gasteiger charge is -2.16. The molecule has 1 rings (SSSR count). The summed E-state index contributed by atoms with van der Waals surface area (Å²) in [6.07, 6.45) is -1.10. The highest BCUT2D eigenvalue weighted by Gasteiger charge is 2.26. The number of imide groups is 1. The molecule has 0 saturated carbocycles. The third-order valence-corrected chi connectivity index (χ3v) is 3.23. The predicted molar refractivity (Wildman–Crippen MR) is 67.2 cm³/mol. The highest BCUT2D eigenvalue weighted by Crippen LogP contribution is 2.14. The van der Waals surface area contributed by atoms with Gasteiger partial charge in [0.1, 0.15) is 6.54 Å². The van der Waals surface area contributed by atoms with Crippen LogP contribution in [-0.2, 0) is 19.1 Å². The van der Waals surface area contributed by atoms with Gasteiger partial charge in [-0.1, -0.05) is 0 Å². The number of amides is 4. The summed E-state index contributed by atoms with van der Waals surface area (Å²) in [5.74, 6) is -0.762. The highest BCUT2D eigenvalue weighted by molar-refractivity contribution is 8.00. The van der Waals surface area contributed by atoms with Gasteiger partial charge in [0.15, 0.2) is 6.10 Å². The van der Waals surface area contributed by atoms with Gasteiger partial charge >= 0.3 is 12.0 Å². The second-order valence-corrected chi connectivity index (χ2v) is 4.72. The summed E-state index contributed by atoms with van der Waals surface area (Å²) < 4.78 is 4.83. The summed E-state index contributed by atoms with van der Waals surface area (Å²) in [6.45, 7) is 1.15. The number of hydrogen-bond donors (Lipinski definition) is 2. The van der Waals surface area contributed by atoms with Crippen molar-refractivity contribution in [3.8, 4) is 0 Å². The van der Waals surface area contributed by atoms with Crippen molar-refractivity contribution in [2.75, 3.05) is 25.2 Å². The second-order valence-electron chi connectivity index (χ2n) is 3.77. The van der Waals surface area contributed by atoms with Crippen LogP contribution in [0, 0.1) is 0 Å². The van der Waals surface area contributed by atoms with E-state index < -0.39 is 24.0 Å². The maximum Gasteiger partial charge on any atom is 0.326 e. The minimum Gasteiger partial charge on any atom is -0.451 e. The molecule has 0 aromatic heterocycles. The van der Waals surface area contributed by atoms with Crippen molar-refractivity contribution < 1.29 is 23.9 Å². The molecule has 106 valence electrons. The number of ether oxygens (including phenoxy) is 1. The van der Waals surface area contributed by atoms with E-state index in [4.69, 9.17) is 4.74 Å². The van der Waals surface area contributed by atoms with Gasteiger partial charge in [0.25, 0.3) is 5.91 Å². The van der Waals surface area contributed by atoms with Crippen LogP contribution in [0.4, 0.5) is 4.79 Å². The second kappa shape index (κ2) is 6.98. The van der Waals surface area contributed by atoms with Crippen LogP contribution in [0.1, 0.15) is 6.92 Å². The summed E-state index contributed by atoms with van der Waals surface area (Å²) in [7, 11) is 1.36. The topological polar surface area (TPSA) is 105 Å². The first-order chi connectivity index (χ1) is 8.93. The molecule has 0 spiro atoms. The zero-order valence-corrected chi connectivity index (χ0v) is 11.4. The van der Waals surface area contributed by atoms with Crippen molar-refractivity contribution in [2.24, 2.45) is 0 Å². The third kappa shape index (κ3) is 4.78. The lowest BCUT2D eigenvalue weighted by molar-refractivity contribution is -0.156. The molecule has 0 bridgehead atoms. The monoisotopic (exact) mass is 289 g/mol. The molecule has 2 N–H and O–H groups in total. The molecule has 0 unspecified atom stereocenters. The van der Waals surface area contributed by atoms with E-state index >= 15 is 0 Å². The maximum atomic E-state index is 11.5. The molecule has 8 nitrogen and oxygen atoms in total. The minimum atomic E-state index is -1.10. The van der Waals surface area contributed by atoms with Crippen LogP contribution in [0.2, 0.25) is 0 Å². The van der Waals surface area contributed by atoms with Crippen molar-refractivity contribution in [3.63, 3.8) is 0 Å². The molecule has 0 aromatic carbocycles. The van der Waals surface area contributed by atoms with E-state index in [9.17, 15) is 19.2 Å². The SMILES string of the molecule is CNC(=O)NC(=O)[C@H](C)OC(=O)CN1CSCC1=O. The van der Waals surface area contributed by atoms with Crippen LogP contribution in [-0.4, -0.2) is 60.0 Å². The molecule has 19 heavy (non-hydrogen) atoms. The van der Waals surface area contributed by atoms with Crippen molar-refractivity contribution in [1.29, 1.82) is 0 Å². The minimum absolute atomic E-state index is 0.135. The van der Waals surface area contributed by atoms with E-state index in [0.717, 1.165) is 0 Å². The molecule has 1 fully saturated rings. The number of nitrogens with zero attached hydrogens (tertiary/aromatic N) is 1. The fourth-order valence-corrected chi connectivity index (χ4v) is 2.16. The summed E-state index contributed by atoms with van der Waals surface area (Å²) in [5, 5.41) is 4.19. The fraction of sp³-hybridized carbons (Fsp3) is 0.600. The molecule has 1 aliphatic heterocycles. The van der Waals surface area contributed by atoms with E-state index in [1.54, 1.807) is 0 Å². The van der Waals surface area contributed by atoms with Crippen molar-refractivity contribution in [3.05, 3.63) is 0 Å². The van der Waals surface area contributed by atoms with Gasteiger partial charge in [0, 0.05) is 7.05 Å². The molecule has 1 saturated heterocycles. The average molecular weight is 289 g/mol. The average Bonchev–Trinajstić information content (AvgIpc) is 2.74. The highest BCUT2D eigenvalue weighted by atomic mass is 32.2. The summed E-state index contributed by atoms with van der Waals surface area (Å²) in [4.78, 5) is 46.4. The molecular formula is C10H15N3O5S. The van der Waals surface area contributed by atoms with Crippen LogP contribution in [0.25, 0.3) is 0 Å². The Morgan fingerprint density at radius 3 is 2.68 bits per heavy atom. The van der Waals surface area contributed by atoms with E-state index in [-0.39, 0.29) is 12.5 Å². The van der Waals surface area contributed by atoms with Crippen molar-refractivity contribution in [1.82, 2.24) is 15.5 Å². The van der Waals surface area contributed by atoms with Crippen molar-refractivity contribution in [2.45, 2.75) is 13.0 Å². The van der Waals surface area contributed by atoms with Gasteiger partial charge in [-0.25, -0.2) is 4.79 Å². The molecule has 4 amide bonds. The maximum absolute atomic E-state index is 11.5. The number of nitrogens with one attached hydrogen (secondary N) is 2. The molecule has 0 aliphatic carbocycles. The molecular weight excluding hydrogens is 274 g/mol. The predicted octanol–water partition coefficient (Wildman–Crippen LogP) is -1.09. The molecule has 1 heterocycles. The van der Waals surface area contributed by atoms with Gasteiger partial charge in [0.05, 0.1) is 11.6 Å². The molecule has 0 aromatic rings. The fourth-order valence-electron chi connectivity index (χ4n) is 1.26. The Balaban J connectivity index is 2.36. The molecule has 9 heteroatoms. The quantitative estimate of drug-likeness (QED) is 0.637. The smallest absolute Gasteiger partial charge is 0.326 e. The third-order valence-electron chi connectivity index (χ3n) is 2.29.